The fourth-order valence-electron chi connectivity index (χ4n) is 1.93. The zero-order valence-electron chi connectivity index (χ0n) is 12.7. The van der Waals surface area contributed by atoms with Crippen molar-refractivity contribution in [3.63, 3.8) is 0 Å². The Labute approximate surface area is 149 Å². The van der Waals surface area contributed by atoms with Gasteiger partial charge in [-0.3, -0.25) is 4.79 Å². The molecule has 0 aliphatic heterocycles. The molecule has 0 saturated heterocycles. The van der Waals surface area contributed by atoms with E-state index >= 15 is 0 Å². The molecule has 1 amide bonds. The third-order valence-corrected chi connectivity index (χ3v) is 3.81. The third-order valence-electron chi connectivity index (χ3n) is 3.22. The van der Waals surface area contributed by atoms with E-state index in [0.29, 0.717) is 23.0 Å². The van der Waals surface area contributed by atoms with Gasteiger partial charge in [-0.05, 0) is 42.3 Å². The van der Waals surface area contributed by atoms with Crippen LogP contribution >= 0.6 is 23.2 Å². The summed E-state index contributed by atoms with van der Waals surface area (Å²) in [4.78, 5) is 23.5. The Balaban J connectivity index is 1.73. The molecule has 0 heterocycles. The van der Waals surface area contributed by atoms with E-state index in [0.717, 1.165) is 5.56 Å². The molecule has 0 bridgehead atoms. The molecule has 0 spiro atoms. The number of ether oxygens (including phenoxy) is 1. The molecule has 5 nitrogen and oxygen atoms in total. The predicted octanol–water partition coefficient (Wildman–Crippen LogP) is 3.09. The van der Waals surface area contributed by atoms with Crippen molar-refractivity contribution in [1.82, 2.24) is 5.32 Å². The average molecular weight is 367 g/mol. The minimum Gasteiger partial charge on any atom is -0.452 e. The van der Waals surface area contributed by atoms with Crippen LogP contribution in [0.1, 0.15) is 15.9 Å². The summed E-state index contributed by atoms with van der Waals surface area (Å²) in [6.45, 7) is 0.0773. The summed E-state index contributed by atoms with van der Waals surface area (Å²) in [5.41, 5.74) is 7.18. The monoisotopic (exact) mass is 366 g/mol. The number of nitrogens with one attached hydrogen (secondary N) is 1. The topological polar surface area (TPSA) is 81.4 Å². The fraction of sp³-hybridized carbons (Fsp3) is 0.176. The molecule has 7 heteroatoms. The summed E-state index contributed by atoms with van der Waals surface area (Å²) in [5.74, 6) is -1.01. The van der Waals surface area contributed by atoms with Crippen LogP contribution < -0.4 is 11.1 Å². The highest BCUT2D eigenvalue weighted by Crippen LogP contribution is 2.19. The molecule has 0 aliphatic rings. The van der Waals surface area contributed by atoms with Crippen LogP contribution in [0, 0.1) is 0 Å². The van der Waals surface area contributed by atoms with Crippen LogP contribution in [0.2, 0.25) is 10.0 Å². The molecular weight excluding hydrogens is 351 g/mol. The maximum atomic E-state index is 11.8. The second kappa shape index (κ2) is 8.57. The SMILES string of the molecule is Nc1cc(C(=O)OCC(=O)NCCc2ccc(Cl)cc2)ccc1Cl. The summed E-state index contributed by atoms with van der Waals surface area (Å²) < 4.78 is 4.94. The number of nitrogen functional groups attached to an aromatic ring is 1. The Bertz CT molecular complexity index is 733. The van der Waals surface area contributed by atoms with Crippen LogP contribution in [0.25, 0.3) is 0 Å². The van der Waals surface area contributed by atoms with E-state index < -0.39 is 5.97 Å². The number of amides is 1. The first-order valence-electron chi connectivity index (χ1n) is 7.19. The number of hydrogen-bond donors (Lipinski definition) is 2. The largest absolute Gasteiger partial charge is 0.452 e. The minimum atomic E-state index is -0.633. The highest BCUT2D eigenvalue weighted by Gasteiger charge is 2.11. The molecule has 3 N–H and O–H groups in total. The van der Waals surface area contributed by atoms with Gasteiger partial charge in [0.1, 0.15) is 0 Å². The lowest BCUT2D eigenvalue weighted by Gasteiger charge is -2.07. The molecule has 126 valence electrons. The zero-order valence-corrected chi connectivity index (χ0v) is 14.2. The van der Waals surface area contributed by atoms with Gasteiger partial charge in [0.15, 0.2) is 6.61 Å². The van der Waals surface area contributed by atoms with E-state index in [1.807, 2.05) is 12.1 Å². The molecule has 0 aromatic heterocycles. The Kier molecular flexibility index (Phi) is 6.46. The lowest BCUT2D eigenvalue weighted by molar-refractivity contribution is -0.124. The van der Waals surface area contributed by atoms with Crippen molar-refractivity contribution in [2.45, 2.75) is 6.42 Å². The van der Waals surface area contributed by atoms with Crippen LogP contribution in [-0.2, 0) is 16.0 Å². The van der Waals surface area contributed by atoms with E-state index in [1.165, 1.54) is 18.2 Å². The highest BCUT2D eigenvalue weighted by molar-refractivity contribution is 6.33. The van der Waals surface area contributed by atoms with Gasteiger partial charge in [-0.1, -0.05) is 35.3 Å². The number of halogens is 2. The van der Waals surface area contributed by atoms with Crippen molar-refractivity contribution in [3.8, 4) is 0 Å². The first kappa shape index (κ1) is 18.1. The molecule has 0 aliphatic carbocycles. The molecule has 2 aromatic carbocycles. The second-order valence-electron chi connectivity index (χ2n) is 5.04. The van der Waals surface area contributed by atoms with Gasteiger partial charge in [0.25, 0.3) is 5.91 Å². The van der Waals surface area contributed by atoms with Gasteiger partial charge in [0, 0.05) is 11.6 Å². The van der Waals surface area contributed by atoms with Gasteiger partial charge in [0.05, 0.1) is 16.3 Å². The highest BCUT2D eigenvalue weighted by atomic mass is 35.5. The van der Waals surface area contributed by atoms with Gasteiger partial charge >= 0.3 is 5.97 Å². The molecule has 0 unspecified atom stereocenters. The number of hydrogen-bond acceptors (Lipinski definition) is 4. The molecule has 2 rings (SSSR count). The quantitative estimate of drug-likeness (QED) is 0.607. The smallest absolute Gasteiger partial charge is 0.338 e. The van der Waals surface area contributed by atoms with Gasteiger partial charge in [-0.25, -0.2) is 4.79 Å². The molecule has 0 radical (unpaired) electrons. The van der Waals surface area contributed by atoms with E-state index in [1.54, 1.807) is 12.1 Å². The van der Waals surface area contributed by atoms with E-state index in [4.69, 9.17) is 33.7 Å². The van der Waals surface area contributed by atoms with Crippen molar-refractivity contribution >= 4 is 40.8 Å². The van der Waals surface area contributed by atoms with Crippen LogP contribution in [0.15, 0.2) is 42.5 Å². The summed E-state index contributed by atoms with van der Waals surface area (Å²) in [5, 5.41) is 3.70. The Morgan fingerprint density at radius 2 is 1.79 bits per heavy atom. The molecule has 0 saturated carbocycles. The summed E-state index contributed by atoms with van der Waals surface area (Å²) in [6, 6.07) is 11.7. The zero-order chi connectivity index (χ0) is 17.5. The second-order valence-corrected chi connectivity index (χ2v) is 5.88. The number of rotatable bonds is 6. The first-order chi connectivity index (χ1) is 11.5. The summed E-state index contributed by atoms with van der Waals surface area (Å²) in [7, 11) is 0. The molecular formula is C17H16Cl2N2O3. The fourth-order valence-corrected chi connectivity index (χ4v) is 2.18. The first-order valence-corrected chi connectivity index (χ1v) is 7.94. The maximum absolute atomic E-state index is 11.8. The maximum Gasteiger partial charge on any atom is 0.338 e. The Morgan fingerprint density at radius 1 is 1.08 bits per heavy atom. The van der Waals surface area contributed by atoms with Crippen molar-refractivity contribution in [2.75, 3.05) is 18.9 Å². The lowest BCUT2D eigenvalue weighted by Crippen LogP contribution is -2.30. The number of esters is 1. The summed E-state index contributed by atoms with van der Waals surface area (Å²) in [6.07, 6.45) is 0.657. The van der Waals surface area contributed by atoms with Crippen LogP contribution in [0.5, 0.6) is 0 Å². The van der Waals surface area contributed by atoms with Gasteiger partial charge in [0.2, 0.25) is 0 Å². The Morgan fingerprint density at radius 3 is 2.46 bits per heavy atom. The predicted molar refractivity (Wildman–Crippen MR) is 94.3 cm³/mol. The number of nitrogens with two attached hydrogens (primary N) is 1. The van der Waals surface area contributed by atoms with Gasteiger partial charge in [-0.15, -0.1) is 0 Å². The van der Waals surface area contributed by atoms with Crippen molar-refractivity contribution < 1.29 is 14.3 Å². The lowest BCUT2D eigenvalue weighted by atomic mass is 10.1. The van der Waals surface area contributed by atoms with E-state index in [9.17, 15) is 9.59 Å². The van der Waals surface area contributed by atoms with E-state index in [-0.39, 0.29) is 23.8 Å². The molecule has 0 atom stereocenters. The van der Waals surface area contributed by atoms with E-state index in [2.05, 4.69) is 5.32 Å². The minimum absolute atomic E-state index is 0.242. The number of benzene rings is 2. The number of carbonyl (C=O) groups excluding carboxylic acids is 2. The summed E-state index contributed by atoms with van der Waals surface area (Å²) >= 11 is 11.6. The van der Waals surface area contributed by atoms with Crippen molar-refractivity contribution in [3.05, 3.63) is 63.6 Å². The van der Waals surface area contributed by atoms with Gasteiger partial charge < -0.3 is 15.8 Å². The normalized spacial score (nSPS) is 10.2. The number of anilines is 1. The van der Waals surface area contributed by atoms with Crippen LogP contribution in [-0.4, -0.2) is 25.0 Å². The van der Waals surface area contributed by atoms with Crippen molar-refractivity contribution in [2.24, 2.45) is 0 Å². The van der Waals surface area contributed by atoms with Gasteiger partial charge in [-0.2, -0.15) is 0 Å². The Hall–Kier alpha value is -2.24. The number of carbonyl (C=O) groups is 2. The average Bonchev–Trinajstić information content (AvgIpc) is 2.57. The van der Waals surface area contributed by atoms with Crippen molar-refractivity contribution in [1.29, 1.82) is 0 Å². The molecule has 0 fully saturated rings. The standard InChI is InChI=1S/C17H16Cl2N2O3/c18-13-4-1-11(2-5-13)7-8-21-16(22)10-24-17(23)12-3-6-14(19)15(20)9-12/h1-6,9H,7-8,10,20H2,(H,21,22). The third kappa shape index (κ3) is 5.44. The van der Waals surface area contributed by atoms with Crippen LogP contribution in [0.4, 0.5) is 5.69 Å². The molecule has 24 heavy (non-hydrogen) atoms. The molecule has 2 aromatic rings. The van der Waals surface area contributed by atoms with Crippen LogP contribution in [0.3, 0.4) is 0 Å².